The van der Waals surface area contributed by atoms with E-state index in [1.165, 1.54) is 27.8 Å². The van der Waals surface area contributed by atoms with Crippen LogP contribution in [-0.4, -0.2) is 7.05 Å². The summed E-state index contributed by atoms with van der Waals surface area (Å²) in [6, 6.07) is 10.7. The molecule has 0 radical (unpaired) electrons. The van der Waals surface area contributed by atoms with Gasteiger partial charge in [0, 0.05) is 13.6 Å². The van der Waals surface area contributed by atoms with Crippen LogP contribution in [0.4, 0.5) is 11.4 Å². The molecule has 2 N–H and O–H groups in total. The first-order chi connectivity index (χ1) is 9.38. The van der Waals surface area contributed by atoms with Crippen LogP contribution >= 0.6 is 0 Å². The maximum absolute atomic E-state index is 6.09. The molecule has 0 spiro atoms. The van der Waals surface area contributed by atoms with E-state index in [9.17, 15) is 0 Å². The van der Waals surface area contributed by atoms with Gasteiger partial charge in [-0.2, -0.15) is 0 Å². The second-order valence-corrected chi connectivity index (χ2v) is 5.78. The summed E-state index contributed by atoms with van der Waals surface area (Å²) in [6.07, 6.45) is 0. The predicted molar refractivity (Wildman–Crippen MR) is 88.4 cm³/mol. The summed E-state index contributed by atoms with van der Waals surface area (Å²) in [7, 11) is 2.10. The monoisotopic (exact) mass is 268 g/mol. The normalized spacial score (nSPS) is 10.7. The lowest BCUT2D eigenvalue weighted by atomic mass is 10.0. The molecule has 0 aliphatic heterocycles. The zero-order valence-corrected chi connectivity index (χ0v) is 13.1. The number of anilines is 2. The van der Waals surface area contributed by atoms with E-state index in [2.05, 4.69) is 57.8 Å². The zero-order valence-electron chi connectivity index (χ0n) is 13.1. The highest BCUT2D eigenvalue weighted by molar-refractivity contribution is 5.68. The maximum Gasteiger partial charge on any atom is 0.0603 e. The minimum Gasteiger partial charge on any atom is -0.397 e. The second-order valence-electron chi connectivity index (χ2n) is 5.78. The van der Waals surface area contributed by atoms with Crippen molar-refractivity contribution in [2.75, 3.05) is 17.7 Å². The third-order valence-corrected chi connectivity index (χ3v) is 3.96. The van der Waals surface area contributed by atoms with Gasteiger partial charge in [0.1, 0.15) is 0 Å². The zero-order chi connectivity index (χ0) is 14.9. The highest BCUT2D eigenvalue weighted by atomic mass is 15.1. The van der Waals surface area contributed by atoms with E-state index in [0.29, 0.717) is 0 Å². The smallest absolute Gasteiger partial charge is 0.0603 e. The Kier molecular flexibility index (Phi) is 4.03. The van der Waals surface area contributed by atoms with Gasteiger partial charge in [-0.05, 0) is 67.6 Å². The number of hydrogen-bond donors (Lipinski definition) is 1. The Morgan fingerprint density at radius 3 is 2.25 bits per heavy atom. The first kappa shape index (κ1) is 14.4. The molecule has 0 heterocycles. The van der Waals surface area contributed by atoms with Crippen molar-refractivity contribution in [3.8, 4) is 0 Å². The number of rotatable bonds is 3. The van der Waals surface area contributed by atoms with Gasteiger partial charge >= 0.3 is 0 Å². The Morgan fingerprint density at radius 1 is 0.900 bits per heavy atom. The highest BCUT2D eigenvalue weighted by Crippen LogP contribution is 2.26. The van der Waals surface area contributed by atoms with Crippen LogP contribution < -0.4 is 10.6 Å². The number of nitrogens with zero attached hydrogens (tertiary/aromatic N) is 1. The third kappa shape index (κ3) is 2.96. The average molecular weight is 268 g/mol. The fourth-order valence-corrected chi connectivity index (χ4v) is 2.52. The van der Waals surface area contributed by atoms with Crippen molar-refractivity contribution in [2.45, 2.75) is 34.2 Å². The molecule has 0 atom stereocenters. The Hall–Kier alpha value is -1.96. The molecule has 0 amide bonds. The standard InChI is InChI=1S/C18H24N2/c1-12-6-7-17(19)18(8-12)20(5)11-16-10-14(3)13(2)9-15(16)4/h6-10H,11,19H2,1-5H3. The molecule has 20 heavy (non-hydrogen) atoms. The molecule has 2 nitrogen and oxygen atoms in total. The largest absolute Gasteiger partial charge is 0.397 e. The lowest BCUT2D eigenvalue weighted by molar-refractivity contribution is 0.911. The molecular weight excluding hydrogens is 244 g/mol. The minimum atomic E-state index is 0.833. The van der Waals surface area contributed by atoms with Crippen LogP contribution in [0.3, 0.4) is 0 Å². The second kappa shape index (κ2) is 5.58. The quantitative estimate of drug-likeness (QED) is 0.848. The summed E-state index contributed by atoms with van der Waals surface area (Å²) in [5.74, 6) is 0. The lowest BCUT2D eigenvalue weighted by Gasteiger charge is -2.23. The molecule has 2 rings (SSSR count). The summed E-state index contributed by atoms with van der Waals surface area (Å²) in [5, 5.41) is 0. The minimum absolute atomic E-state index is 0.833. The van der Waals surface area contributed by atoms with Gasteiger partial charge in [0.05, 0.1) is 11.4 Å². The van der Waals surface area contributed by atoms with Crippen LogP contribution in [0.25, 0.3) is 0 Å². The van der Waals surface area contributed by atoms with Gasteiger partial charge in [0.15, 0.2) is 0 Å². The summed E-state index contributed by atoms with van der Waals surface area (Å²) in [5.41, 5.74) is 14.7. The molecule has 2 aromatic carbocycles. The predicted octanol–water partition coefficient (Wildman–Crippen LogP) is 4.14. The molecule has 2 heteroatoms. The molecule has 0 fully saturated rings. The molecule has 0 aliphatic rings. The lowest BCUT2D eigenvalue weighted by Crippen LogP contribution is -2.18. The number of benzene rings is 2. The Labute approximate surface area is 122 Å². The van der Waals surface area contributed by atoms with E-state index in [0.717, 1.165) is 17.9 Å². The SMILES string of the molecule is Cc1ccc(N)c(N(C)Cc2cc(C)c(C)cc2C)c1. The van der Waals surface area contributed by atoms with Crippen LogP contribution in [0.5, 0.6) is 0 Å². The molecular formula is C18H24N2. The fraction of sp³-hybridized carbons (Fsp3) is 0.333. The molecule has 0 saturated heterocycles. The average Bonchev–Trinajstić information content (AvgIpc) is 2.38. The summed E-state index contributed by atoms with van der Waals surface area (Å²) in [4.78, 5) is 2.22. The number of nitrogens with two attached hydrogens (primary N) is 1. The molecule has 0 aliphatic carbocycles. The van der Waals surface area contributed by atoms with Crippen LogP contribution in [0, 0.1) is 27.7 Å². The third-order valence-electron chi connectivity index (χ3n) is 3.96. The Balaban J connectivity index is 2.30. The van der Waals surface area contributed by atoms with Crippen molar-refractivity contribution in [2.24, 2.45) is 0 Å². The Bertz CT molecular complexity index is 630. The molecule has 0 bridgehead atoms. The fourth-order valence-electron chi connectivity index (χ4n) is 2.52. The first-order valence-electron chi connectivity index (χ1n) is 7.02. The van der Waals surface area contributed by atoms with Gasteiger partial charge in [-0.15, -0.1) is 0 Å². The van der Waals surface area contributed by atoms with Gasteiger partial charge in [-0.3, -0.25) is 0 Å². The number of hydrogen-bond acceptors (Lipinski definition) is 2. The van der Waals surface area contributed by atoms with Gasteiger partial charge in [0.25, 0.3) is 0 Å². The van der Waals surface area contributed by atoms with Crippen LogP contribution in [0.15, 0.2) is 30.3 Å². The first-order valence-corrected chi connectivity index (χ1v) is 7.02. The van der Waals surface area contributed by atoms with Crippen LogP contribution in [0.1, 0.15) is 27.8 Å². The number of aryl methyl sites for hydroxylation is 4. The topological polar surface area (TPSA) is 29.3 Å². The van der Waals surface area contributed by atoms with E-state index in [1.807, 2.05) is 12.1 Å². The van der Waals surface area contributed by atoms with Crippen LogP contribution in [-0.2, 0) is 6.54 Å². The van der Waals surface area contributed by atoms with E-state index >= 15 is 0 Å². The Morgan fingerprint density at radius 2 is 1.55 bits per heavy atom. The number of nitrogen functional groups attached to an aromatic ring is 1. The maximum atomic E-state index is 6.09. The summed E-state index contributed by atoms with van der Waals surface area (Å²) >= 11 is 0. The molecule has 106 valence electrons. The van der Waals surface area contributed by atoms with Crippen LogP contribution in [0.2, 0.25) is 0 Å². The van der Waals surface area contributed by atoms with Crippen molar-refractivity contribution in [1.82, 2.24) is 0 Å². The van der Waals surface area contributed by atoms with Crippen molar-refractivity contribution in [1.29, 1.82) is 0 Å². The molecule has 0 unspecified atom stereocenters. The van der Waals surface area contributed by atoms with Crippen molar-refractivity contribution < 1.29 is 0 Å². The van der Waals surface area contributed by atoms with E-state index < -0.39 is 0 Å². The van der Waals surface area contributed by atoms with Crippen molar-refractivity contribution in [3.63, 3.8) is 0 Å². The van der Waals surface area contributed by atoms with Crippen molar-refractivity contribution >= 4 is 11.4 Å². The van der Waals surface area contributed by atoms with Gasteiger partial charge in [-0.1, -0.05) is 18.2 Å². The summed E-state index contributed by atoms with van der Waals surface area (Å²) in [6.45, 7) is 9.47. The van der Waals surface area contributed by atoms with E-state index in [4.69, 9.17) is 5.73 Å². The summed E-state index contributed by atoms with van der Waals surface area (Å²) < 4.78 is 0. The van der Waals surface area contributed by atoms with E-state index in [1.54, 1.807) is 0 Å². The highest BCUT2D eigenvalue weighted by Gasteiger charge is 2.09. The van der Waals surface area contributed by atoms with Gasteiger partial charge in [-0.25, -0.2) is 0 Å². The molecule has 0 saturated carbocycles. The molecule has 2 aromatic rings. The molecule has 0 aromatic heterocycles. The van der Waals surface area contributed by atoms with Gasteiger partial charge < -0.3 is 10.6 Å². The van der Waals surface area contributed by atoms with Gasteiger partial charge in [0.2, 0.25) is 0 Å². The van der Waals surface area contributed by atoms with Crippen molar-refractivity contribution in [3.05, 3.63) is 58.1 Å². The van der Waals surface area contributed by atoms with E-state index in [-0.39, 0.29) is 0 Å².